The number of fused-ring (bicyclic) bond motifs is 1. The topological polar surface area (TPSA) is 104 Å². The van der Waals surface area contributed by atoms with E-state index in [0.717, 1.165) is 35.6 Å². The molecule has 3 aromatic rings. The van der Waals surface area contributed by atoms with Gasteiger partial charge in [-0.3, -0.25) is 14.4 Å². The lowest BCUT2D eigenvalue weighted by molar-refractivity contribution is -0.141. The molecule has 8 nitrogen and oxygen atoms in total. The van der Waals surface area contributed by atoms with Gasteiger partial charge < -0.3 is 10.2 Å². The van der Waals surface area contributed by atoms with Crippen LogP contribution in [0, 0.1) is 0 Å². The van der Waals surface area contributed by atoms with Gasteiger partial charge in [0.25, 0.3) is 15.9 Å². The number of rotatable bonds is 10. The number of hydrogen-bond acceptors (Lipinski definition) is 5. The molecule has 3 amide bonds. The molecule has 0 aromatic heterocycles. The van der Waals surface area contributed by atoms with Crippen LogP contribution < -0.4 is 5.32 Å². The van der Waals surface area contributed by atoms with E-state index in [1.165, 1.54) is 17.0 Å². The van der Waals surface area contributed by atoms with Gasteiger partial charge in [-0.1, -0.05) is 84.6 Å². The van der Waals surface area contributed by atoms with E-state index < -0.39 is 27.9 Å². The van der Waals surface area contributed by atoms with Crippen molar-refractivity contribution in [3.8, 4) is 0 Å². The van der Waals surface area contributed by atoms with Crippen molar-refractivity contribution in [1.82, 2.24) is 14.5 Å². The van der Waals surface area contributed by atoms with Gasteiger partial charge in [0.2, 0.25) is 11.8 Å². The first-order valence-electron chi connectivity index (χ1n) is 13.9. The maximum atomic E-state index is 14.0. The van der Waals surface area contributed by atoms with Crippen molar-refractivity contribution in [3.63, 3.8) is 0 Å². The van der Waals surface area contributed by atoms with Crippen molar-refractivity contribution in [2.75, 3.05) is 6.54 Å². The third-order valence-corrected chi connectivity index (χ3v) is 10.3. The van der Waals surface area contributed by atoms with Gasteiger partial charge in [-0.2, -0.15) is 0 Å². The minimum absolute atomic E-state index is 0.0311. The lowest BCUT2D eigenvalue weighted by Gasteiger charge is -2.33. The fourth-order valence-corrected chi connectivity index (χ4v) is 7.44. The van der Waals surface area contributed by atoms with Crippen LogP contribution in [0.25, 0.3) is 0 Å². The lowest BCUT2D eigenvalue weighted by Crippen LogP contribution is -2.52. The summed E-state index contributed by atoms with van der Waals surface area (Å²) < 4.78 is 26.9. The average Bonchev–Trinajstić information content (AvgIpc) is 3.56. The third-order valence-electron chi connectivity index (χ3n) is 7.75. The van der Waals surface area contributed by atoms with Crippen LogP contribution in [0.3, 0.4) is 0 Å². The number of nitrogens with zero attached hydrogens (tertiary/aromatic N) is 2. The summed E-state index contributed by atoms with van der Waals surface area (Å²) in [5.41, 5.74) is 1.60. The normalized spacial score (nSPS) is 16.7. The molecule has 0 radical (unpaired) electrons. The molecule has 1 aliphatic carbocycles. The smallest absolute Gasteiger partial charge is 0.269 e. The summed E-state index contributed by atoms with van der Waals surface area (Å²) in [4.78, 5) is 42.1. The molecular weight excluding hydrogens is 597 g/mol. The summed E-state index contributed by atoms with van der Waals surface area (Å²) in [5, 5.41) is 3.79. The van der Waals surface area contributed by atoms with Crippen LogP contribution in [-0.4, -0.2) is 54.0 Å². The van der Waals surface area contributed by atoms with Crippen LogP contribution in [0.1, 0.15) is 53.6 Å². The highest BCUT2D eigenvalue weighted by atomic mass is 35.5. The molecule has 1 heterocycles. The van der Waals surface area contributed by atoms with Crippen LogP contribution in [-0.2, 0) is 32.6 Å². The average molecular weight is 629 g/mol. The Labute approximate surface area is 255 Å². The molecule has 1 atom stereocenters. The number of carbonyl (C=O) groups excluding carboxylic acids is 3. The van der Waals surface area contributed by atoms with Crippen LogP contribution in [0.4, 0.5) is 0 Å². The van der Waals surface area contributed by atoms with Crippen LogP contribution in [0.5, 0.6) is 0 Å². The molecule has 0 saturated heterocycles. The van der Waals surface area contributed by atoms with E-state index in [-0.39, 0.29) is 48.3 Å². The molecule has 1 N–H and O–H groups in total. The van der Waals surface area contributed by atoms with E-state index >= 15 is 0 Å². The third kappa shape index (κ3) is 6.48. The molecule has 2 aliphatic rings. The summed E-state index contributed by atoms with van der Waals surface area (Å²) >= 11 is 12.4. The number of nitrogens with one attached hydrogen (secondary N) is 1. The van der Waals surface area contributed by atoms with E-state index in [2.05, 4.69) is 5.32 Å². The first kappa shape index (κ1) is 30.1. The lowest BCUT2D eigenvalue weighted by atomic mass is 10.0. The number of carbonyl (C=O) groups is 3. The summed E-state index contributed by atoms with van der Waals surface area (Å²) in [7, 11) is -4.09. The van der Waals surface area contributed by atoms with Crippen molar-refractivity contribution in [2.24, 2.45) is 0 Å². The SMILES string of the molecule is O=C(NC1CCCC1)[C@H](Cc1ccccc1)N(Cc1ccc(Cl)c(Cl)c1)C(=O)CCN1C(=O)c2ccccc2S1(=O)=O. The fraction of sp³-hybridized carbons (Fsp3) is 0.323. The Bertz CT molecular complexity index is 1590. The molecule has 0 unspecified atom stereocenters. The zero-order valence-corrected chi connectivity index (χ0v) is 25.2. The Kier molecular flexibility index (Phi) is 9.20. The van der Waals surface area contributed by atoms with E-state index in [1.807, 2.05) is 30.3 Å². The molecule has 220 valence electrons. The maximum Gasteiger partial charge on any atom is 0.269 e. The van der Waals surface area contributed by atoms with Crippen LogP contribution >= 0.6 is 23.2 Å². The minimum atomic E-state index is -4.09. The van der Waals surface area contributed by atoms with Gasteiger partial charge in [0.15, 0.2) is 0 Å². The molecule has 11 heteroatoms. The largest absolute Gasteiger partial charge is 0.352 e. The molecule has 1 aliphatic heterocycles. The Hall–Kier alpha value is -3.40. The second-order valence-electron chi connectivity index (χ2n) is 10.6. The quantitative estimate of drug-likeness (QED) is 0.332. The molecule has 42 heavy (non-hydrogen) atoms. The summed E-state index contributed by atoms with van der Waals surface area (Å²) in [6, 6.07) is 19.5. The molecule has 1 saturated carbocycles. The molecule has 1 fully saturated rings. The molecular formula is C31H31Cl2N3O5S. The first-order valence-corrected chi connectivity index (χ1v) is 16.1. The van der Waals surface area contributed by atoms with Crippen molar-refractivity contribution >= 4 is 50.9 Å². The van der Waals surface area contributed by atoms with Crippen molar-refractivity contribution < 1.29 is 22.8 Å². The van der Waals surface area contributed by atoms with Crippen LogP contribution in [0.15, 0.2) is 77.7 Å². The fourth-order valence-electron chi connectivity index (χ4n) is 5.55. The van der Waals surface area contributed by atoms with Gasteiger partial charge in [-0.15, -0.1) is 0 Å². The van der Waals surface area contributed by atoms with Gasteiger partial charge in [-0.25, -0.2) is 12.7 Å². The second-order valence-corrected chi connectivity index (χ2v) is 13.2. The number of sulfonamides is 1. The molecule has 3 aromatic carbocycles. The monoisotopic (exact) mass is 627 g/mol. The summed E-state index contributed by atoms with van der Waals surface area (Å²) in [6.07, 6.45) is 3.75. The Morgan fingerprint density at radius 1 is 0.929 bits per heavy atom. The number of hydrogen-bond donors (Lipinski definition) is 1. The van der Waals surface area contributed by atoms with Crippen molar-refractivity contribution in [2.45, 2.75) is 62.0 Å². The van der Waals surface area contributed by atoms with Gasteiger partial charge in [0.05, 0.1) is 15.6 Å². The maximum absolute atomic E-state index is 14.0. The van der Waals surface area contributed by atoms with E-state index in [9.17, 15) is 22.8 Å². The Balaban J connectivity index is 1.44. The van der Waals surface area contributed by atoms with Gasteiger partial charge >= 0.3 is 0 Å². The number of amides is 3. The van der Waals surface area contributed by atoms with Gasteiger partial charge in [-0.05, 0) is 48.2 Å². The second kappa shape index (κ2) is 12.9. The zero-order valence-electron chi connectivity index (χ0n) is 22.8. The van der Waals surface area contributed by atoms with Gasteiger partial charge in [0.1, 0.15) is 10.9 Å². The predicted molar refractivity (Wildman–Crippen MR) is 161 cm³/mol. The van der Waals surface area contributed by atoms with E-state index in [4.69, 9.17) is 23.2 Å². The highest BCUT2D eigenvalue weighted by Gasteiger charge is 2.41. The number of halogens is 2. The van der Waals surface area contributed by atoms with Crippen molar-refractivity contribution in [3.05, 3.63) is 99.5 Å². The first-order chi connectivity index (χ1) is 20.1. The Morgan fingerprint density at radius 2 is 1.62 bits per heavy atom. The predicted octanol–water partition coefficient (Wildman–Crippen LogP) is 5.23. The molecule has 5 rings (SSSR count). The molecule has 0 spiro atoms. The summed E-state index contributed by atoms with van der Waals surface area (Å²) in [6.45, 7) is -0.318. The van der Waals surface area contributed by atoms with Gasteiger partial charge in [0, 0.05) is 32.0 Å². The van der Waals surface area contributed by atoms with Crippen molar-refractivity contribution in [1.29, 1.82) is 0 Å². The van der Waals surface area contributed by atoms with Crippen LogP contribution in [0.2, 0.25) is 10.0 Å². The summed E-state index contributed by atoms with van der Waals surface area (Å²) in [5.74, 6) is -1.42. The molecule has 0 bridgehead atoms. The zero-order chi connectivity index (χ0) is 29.9. The highest BCUT2D eigenvalue weighted by Crippen LogP contribution is 2.30. The van der Waals surface area contributed by atoms with E-state index in [1.54, 1.807) is 30.3 Å². The standard InChI is InChI=1S/C31H31Cl2N3O5S/c32-25-15-14-22(18-26(25)33)20-35(27(19-21-8-2-1-3-9-21)30(38)34-23-10-4-5-11-23)29(37)16-17-36-31(39)24-12-6-7-13-28(24)42(36,40)41/h1-3,6-9,12-15,18,23,27H,4-5,10-11,16-17,19-20H2,(H,34,38)/t27-/m0/s1. The minimum Gasteiger partial charge on any atom is -0.352 e. The highest BCUT2D eigenvalue weighted by molar-refractivity contribution is 7.90. The Morgan fingerprint density at radius 3 is 2.31 bits per heavy atom. The number of benzene rings is 3. The van der Waals surface area contributed by atoms with E-state index in [0.29, 0.717) is 15.6 Å².